The summed E-state index contributed by atoms with van der Waals surface area (Å²) in [7, 11) is 2.70. The van der Waals surface area contributed by atoms with Crippen LogP contribution in [0.15, 0.2) is 24.4 Å². The molecule has 0 bridgehead atoms. The molecule has 8 nitrogen and oxygen atoms in total. The van der Waals surface area contributed by atoms with Crippen LogP contribution in [0.2, 0.25) is 0 Å². The number of thiophene rings is 1. The van der Waals surface area contributed by atoms with Gasteiger partial charge >= 0.3 is 0 Å². The summed E-state index contributed by atoms with van der Waals surface area (Å²) in [6, 6.07) is 5.90. The third-order valence-electron chi connectivity index (χ3n) is 8.02. The van der Waals surface area contributed by atoms with Crippen LogP contribution in [0.3, 0.4) is 0 Å². The molecule has 0 spiro atoms. The molecule has 3 aromatic heterocycles. The summed E-state index contributed by atoms with van der Waals surface area (Å²) < 4.78 is 0.895. The molecule has 37 heavy (non-hydrogen) atoms. The molecule has 0 radical (unpaired) electrons. The van der Waals surface area contributed by atoms with Crippen LogP contribution in [-0.4, -0.2) is 51.7 Å². The Hall–Kier alpha value is -2.74. The lowest BCUT2D eigenvalue weighted by Crippen LogP contribution is -2.37. The second kappa shape index (κ2) is 8.93. The summed E-state index contributed by atoms with van der Waals surface area (Å²) >= 11 is 1.50. The van der Waals surface area contributed by atoms with Gasteiger partial charge in [0, 0.05) is 41.1 Å². The van der Waals surface area contributed by atoms with E-state index in [1.807, 2.05) is 39.0 Å². The van der Waals surface area contributed by atoms with Crippen LogP contribution < -0.4 is 10.6 Å². The van der Waals surface area contributed by atoms with Crippen molar-refractivity contribution in [3.05, 3.63) is 46.1 Å². The van der Waals surface area contributed by atoms with E-state index in [9.17, 15) is 14.4 Å². The lowest BCUT2D eigenvalue weighted by atomic mass is 9.99. The quantitative estimate of drug-likeness (QED) is 0.371. The molecule has 3 fully saturated rings. The second-order valence-electron chi connectivity index (χ2n) is 10.8. The van der Waals surface area contributed by atoms with Crippen molar-refractivity contribution in [1.29, 1.82) is 0 Å². The highest BCUT2D eigenvalue weighted by Gasteiger charge is 2.72. The first kappa shape index (κ1) is 24.6. The van der Waals surface area contributed by atoms with E-state index in [0.29, 0.717) is 17.4 Å². The summed E-state index contributed by atoms with van der Waals surface area (Å²) in [4.78, 5) is 51.0. The lowest BCUT2D eigenvalue weighted by Gasteiger charge is -2.19. The molecular formula is C27H30N5O3PS. The maximum Gasteiger partial charge on any atom is 0.254 e. The molecule has 3 aliphatic rings. The number of aryl methyl sites for hydroxylation is 1. The molecule has 1 saturated carbocycles. The highest BCUT2D eigenvalue weighted by Crippen LogP contribution is 2.63. The van der Waals surface area contributed by atoms with E-state index in [1.54, 1.807) is 6.20 Å². The molecule has 2 saturated heterocycles. The number of likely N-dealkylation sites (tertiary alicyclic amines) is 1. The number of hydrogen-bond donors (Lipinski definition) is 2. The van der Waals surface area contributed by atoms with Gasteiger partial charge in [0.15, 0.2) is 0 Å². The van der Waals surface area contributed by atoms with Gasteiger partial charge in [0.2, 0.25) is 11.8 Å². The van der Waals surface area contributed by atoms with Gasteiger partial charge in [0.05, 0.1) is 39.9 Å². The molecule has 4 atom stereocenters. The first-order valence-electron chi connectivity index (χ1n) is 12.7. The largest absolute Gasteiger partial charge is 0.348 e. The van der Waals surface area contributed by atoms with Crippen LogP contribution in [0.5, 0.6) is 0 Å². The molecule has 3 amide bonds. The maximum atomic E-state index is 13.5. The second-order valence-corrected chi connectivity index (χ2v) is 12.4. The monoisotopic (exact) mass is 535 g/mol. The molecule has 6 rings (SSSR count). The predicted octanol–water partition coefficient (Wildman–Crippen LogP) is 3.27. The average molecular weight is 536 g/mol. The van der Waals surface area contributed by atoms with E-state index in [-0.39, 0.29) is 47.6 Å². The fourth-order valence-electron chi connectivity index (χ4n) is 5.93. The number of imide groups is 1. The number of carbonyl (C=O) groups is 3. The third kappa shape index (κ3) is 3.99. The summed E-state index contributed by atoms with van der Waals surface area (Å²) in [6.45, 7) is 7.83. The number of rotatable bonds is 6. The van der Waals surface area contributed by atoms with Crippen LogP contribution in [0, 0.1) is 24.2 Å². The molecule has 192 valence electrons. The fraction of sp³-hybridized carbons (Fsp3) is 0.444. The van der Waals surface area contributed by atoms with Gasteiger partial charge in [0.25, 0.3) is 5.91 Å². The minimum absolute atomic E-state index is 0.0727. The Kier molecular flexibility index (Phi) is 5.93. The number of aromatic nitrogens is 2. The van der Waals surface area contributed by atoms with Gasteiger partial charge in [-0.25, -0.2) is 0 Å². The molecule has 3 aromatic rings. The summed E-state index contributed by atoms with van der Waals surface area (Å²) in [5, 5.41) is 6.46. The Labute approximate surface area is 221 Å². The smallest absolute Gasteiger partial charge is 0.254 e. The topological polar surface area (TPSA) is 104 Å². The normalized spacial score (nSPS) is 24.1. The number of nitrogens with zero attached hydrogens (tertiary/aromatic N) is 3. The van der Waals surface area contributed by atoms with E-state index < -0.39 is 0 Å². The average Bonchev–Trinajstić information content (AvgIpc) is 3.31. The number of hydrogen-bond acceptors (Lipinski definition) is 7. The molecule has 2 N–H and O–H groups in total. The number of fused-ring (bicyclic) bond motifs is 2. The number of piperidine rings is 1. The Bertz CT molecular complexity index is 1440. The van der Waals surface area contributed by atoms with Crippen molar-refractivity contribution in [3.8, 4) is 11.3 Å². The first-order valence-corrected chi connectivity index (χ1v) is 14.3. The van der Waals surface area contributed by atoms with E-state index in [0.717, 1.165) is 51.4 Å². The number of amides is 3. The molecule has 1 aliphatic carbocycles. The van der Waals surface area contributed by atoms with E-state index in [1.165, 1.54) is 16.2 Å². The van der Waals surface area contributed by atoms with Gasteiger partial charge in [-0.2, -0.15) is 0 Å². The minimum atomic E-state index is -0.225. The van der Waals surface area contributed by atoms with Gasteiger partial charge in [-0.15, -0.1) is 20.6 Å². The Morgan fingerprint density at radius 2 is 2.03 bits per heavy atom. The van der Waals surface area contributed by atoms with Crippen molar-refractivity contribution in [2.75, 3.05) is 13.1 Å². The van der Waals surface area contributed by atoms with Crippen molar-refractivity contribution in [2.45, 2.75) is 45.9 Å². The van der Waals surface area contributed by atoms with Crippen molar-refractivity contribution < 1.29 is 14.4 Å². The zero-order valence-electron chi connectivity index (χ0n) is 21.1. The van der Waals surface area contributed by atoms with Gasteiger partial charge in [-0.1, -0.05) is 13.8 Å². The van der Waals surface area contributed by atoms with Gasteiger partial charge in [0.1, 0.15) is 0 Å². The van der Waals surface area contributed by atoms with E-state index >= 15 is 0 Å². The first-order chi connectivity index (χ1) is 17.7. The summed E-state index contributed by atoms with van der Waals surface area (Å²) in [5.41, 5.74) is 4.35. The fourth-order valence-corrected chi connectivity index (χ4v) is 7.26. The molecule has 2 aliphatic heterocycles. The van der Waals surface area contributed by atoms with E-state index in [4.69, 9.17) is 4.98 Å². The van der Waals surface area contributed by atoms with Crippen LogP contribution >= 0.6 is 20.6 Å². The zero-order valence-corrected chi connectivity index (χ0v) is 23.1. The van der Waals surface area contributed by atoms with Crippen molar-refractivity contribution in [1.82, 2.24) is 25.5 Å². The summed E-state index contributed by atoms with van der Waals surface area (Å²) in [5.74, 6) is -0.657. The standard InChI is InChI=1S/C27H30N5O3PS/c1-13-8-15(12-36)30-22(19(13)24(33)31-14-4-6-28-10-14)17-5-7-29-18-9-16(37-23(17)18)11-32-25(34)20-21(26(32)35)27(20,2)3/h5,7-9,14,20-21,28H,4,6,10-12,36H2,1-3H3,(H,31,33)/t14-,20?,21?/m0/s1. The predicted molar refractivity (Wildman–Crippen MR) is 146 cm³/mol. The summed E-state index contributed by atoms with van der Waals surface area (Å²) in [6.07, 6.45) is 3.30. The SMILES string of the molecule is Cc1cc(CP)nc(-c2ccnc3cc(CN4C(=O)C5C(C4=O)C5(C)C)sc23)c1C(=O)N[C@H]1CCNC1. The van der Waals surface area contributed by atoms with Crippen LogP contribution in [0.4, 0.5) is 0 Å². The number of pyridine rings is 2. The van der Waals surface area contributed by atoms with Crippen molar-refractivity contribution in [3.63, 3.8) is 0 Å². The number of carbonyl (C=O) groups excluding carboxylic acids is 3. The van der Waals surface area contributed by atoms with Gasteiger partial charge in [-0.3, -0.25) is 29.3 Å². The van der Waals surface area contributed by atoms with E-state index in [2.05, 4.69) is 24.9 Å². The molecular weight excluding hydrogens is 505 g/mol. The highest BCUT2D eigenvalue weighted by molar-refractivity contribution is 7.19. The molecule has 0 aromatic carbocycles. The zero-order chi connectivity index (χ0) is 26.1. The minimum Gasteiger partial charge on any atom is -0.348 e. The molecule has 5 heterocycles. The van der Waals surface area contributed by atoms with Crippen LogP contribution in [-0.2, 0) is 22.3 Å². The molecule has 10 heteroatoms. The maximum absolute atomic E-state index is 13.5. The third-order valence-corrected chi connectivity index (χ3v) is 9.59. The molecule has 3 unspecified atom stereocenters. The highest BCUT2D eigenvalue weighted by atomic mass is 32.1. The lowest BCUT2D eigenvalue weighted by molar-refractivity contribution is -0.143. The Morgan fingerprint density at radius 3 is 2.70 bits per heavy atom. The van der Waals surface area contributed by atoms with Gasteiger partial charge in [-0.05, 0) is 49.1 Å². The van der Waals surface area contributed by atoms with Gasteiger partial charge < -0.3 is 10.6 Å². The van der Waals surface area contributed by atoms with Crippen LogP contribution in [0.25, 0.3) is 21.5 Å². The Balaban J connectivity index is 1.37. The number of nitrogens with one attached hydrogen (secondary N) is 2. The van der Waals surface area contributed by atoms with Crippen molar-refractivity contribution in [2.24, 2.45) is 17.3 Å². The Morgan fingerprint density at radius 1 is 1.27 bits per heavy atom. The van der Waals surface area contributed by atoms with Crippen molar-refractivity contribution >= 4 is 48.5 Å². The van der Waals surface area contributed by atoms with Crippen LogP contribution in [0.1, 0.15) is 46.8 Å².